The van der Waals surface area contributed by atoms with Gasteiger partial charge in [-0.3, -0.25) is 0 Å². The van der Waals surface area contributed by atoms with Crippen molar-refractivity contribution in [1.29, 1.82) is 5.26 Å². The lowest BCUT2D eigenvalue weighted by Crippen LogP contribution is -2.42. The van der Waals surface area contributed by atoms with Crippen LogP contribution in [0, 0.1) is 16.7 Å². The second-order valence-corrected chi connectivity index (χ2v) is 6.65. The number of hydrogen-bond donors (Lipinski definition) is 0. The molecule has 1 saturated heterocycles. The lowest BCUT2D eigenvalue weighted by molar-refractivity contribution is 0.159. The van der Waals surface area contributed by atoms with Crippen LogP contribution < -0.4 is 0 Å². The van der Waals surface area contributed by atoms with Crippen molar-refractivity contribution < 1.29 is 8.42 Å². The van der Waals surface area contributed by atoms with Crippen LogP contribution in [0.4, 0.5) is 0 Å². The predicted octanol–water partition coefficient (Wildman–Crippen LogP) is 0.0190. The van der Waals surface area contributed by atoms with E-state index in [9.17, 15) is 8.42 Å². The molecule has 2 aliphatic rings. The van der Waals surface area contributed by atoms with Gasteiger partial charge in [-0.1, -0.05) is 0 Å². The highest BCUT2D eigenvalue weighted by Gasteiger charge is 2.61. The molecule has 1 heterocycles. The molecule has 0 N–H and O–H groups in total. The van der Waals surface area contributed by atoms with Crippen LogP contribution in [0.25, 0.3) is 0 Å². The average Bonchev–Trinajstić information content (AvgIpc) is 2.72. The SMILES string of the molecule is CS(=O)(=O)C1CC1(C#N)CN1CCC1. The smallest absolute Gasteiger partial charge is 0.151 e. The quantitative estimate of drug-likeness (QED) is 0.664. The molecule has 2 unspecified atom stereocenters. The van der Waals surface area contributed by atoms with Gasteiger partial charge in [0.15, 0.2) is 9.84 Å². The first kappa shape index (κ1) is 9.94. The van der Waals surface area contributed by atoms with Crippen molar-refractivity contribution in [3.05, 3.63) is 0 Å². The standard InChI is InChI=1S/C9H14N2O2S/c1-14(12,13)8-5-9(8,6-10)7-11-3-2-4-11/h8H,2-5,7H2,1H3. The van der Waals surface area contributed by atoms with E-state index in [-0.39, 0.29) is 0 Å². The van der Waals surface area contributed by atoms with E-state index in [4.69, 9.17) is 5.26 Å². The Bertz CT molecular complexity index is 380. The Hall–Kier alpha value is -0.600. The summed E-state index contributed by atoms with van der Waals surface area (Å²) in [6, 6.07) is 2.19. The maximum absolute atomic E-state index is 11.3. The minimum atomic E-state index is -3.03. The molecule has 0 radical (unpaired) electrons. The number of hydrogen-bond acceptors (Lipinski definition) is 4. The number of likely N-dealkylation sites (tertiary alicyclic amines) is 1. The molecule has 14 heavy (non-hydrogen) atoms. The monoisotopic (exact) mass is 214 g/mol. The predicted molar refractivity (Wildman–Crippen MR) is 52.4 cm³/mol. The maximum Gasteiger partial charge on any atom is 0.151 e. The first-order valence-corrected chi connectivity index (χ1v) is 6.76. The highest BCUT2D eigenvalue weighted by molar-refractivity contribution is 7.91. The molecular formula is C9H14N2O2S. The number of nitrogens with zero attached hydrogens (tertiary/aromatic N) is 2. The highest BCUT2D eigenvalue weighted by atomic mass is 32.2. The van der Waals surface area contributed by atoms with Gasteiger partial charge in [0.1, 0.15) is 0 Å². The zero-order valence-corrected chi connectivity index (χ0v) is 9.05. The van der Waals surface area contributed by atoms with Gasteiger partial charge in [0.2, 0.25) is 0 Å². The van der Waals surface area contributed by atoms with Crippen molar-refractivity contribution in [2.24, 2.45) is 5.41 Å². The fraction of sp³-hybridized carbons (Fsp3) is 0.889. The molecule has 0 aromatic carbocycles. The van der Waals surface area contributed by atoms with E-state index in [1.807, 2.05) is 0 Å². The number of sulfone groups is 1. The van der Waals surface area contributed by atoms with Gasteiger partial charge in [-0.25, -0.2) is 8.42 Å². The van der Waals surface area contributed by atoms with E-state index >= 15 is 0 Å². The van der Waals surface area contributed by atoms with Crippen LogP contribution in [0.1, 0.15) is 12.8 Å². The van der Waals surface area contributed by atoms with Crippen molar-refractivity contribution >= 4 is 9.84 Å². The van der Waals surface area contributed by atoms with Crippen LogP contribution in [0.3, 0.4) is 0 Å². The minimum Gasteiger partial charge on any atom is -0.302 e. The summed E-state index contributed by atoms with van der Waals surface area (Å²) in [5.74, 6) is 0. The Balaban J connectivity index is 2.05. The van der Waals surface area contributed by atoms with Crippen LogP contribution >= 0.6 is 0 Å². The first-order valence-electron chi connectivity index (χ1n) is 4.80. The number of rotatable bonds is 3. The molecule has 0 aromatic heterocycles. The lowest BCUT2D eigenvalue weighted by Gasteiger charge is -2.32. The van der Waals surface area contributed by atoms with Crippen molar-refractivity contribution in [3.63, 3.8) is 0 Å². The van der Waals surface area contributed by atoms with Crippen LogP contribution in [0.15, 0.2) is 0 Å². The molecule has 0 amide bonds. The van der Waals surface area contributed by atoms with E-state index in [0.717, 1.165) is 13.1 Å². The zero-order chi connectivity index (χ0) is 10.4. The van der Waals surface area contributed by atoms with Gasteiger partial charge in [0.05, 0.1) is 16.7 Å². The summed E-state index contributed by atoms with van der Waals surface area (Å²) in [5, 5.41) is 8.60. The summed E-state index contributed by atoms with van der Waals surface area (Å²) in [6.45, 7) is 2.67. The largest absolute Gasteiger partial charge is 0.302 e. The van der Waals surface area contributed by atoms with Gasteiger partial charge >= 0.3 is 0 Å². The molecule has 0 aromatic rings. The van der Waals surface area contributed by atoms with Gasteiger partial charge in [0, 0.05) is 12.8 Å². The van der Waals surface area contributed by atoms with Gasteiger partial charge in [-0.2, -0.15) is 5.26 Å². The fourth-order valence-electron chi connectivity index (χ4n) is 2.09. The molecule has 5 heteroatoms. The van der Waals surface area contributed by atoms with Gasteiger partial charge in [-0.05, 0) is 25.9 Å². The third kappa shape index (κ3) is 1.53. The number of nitriles is 1. The van der Waals surface area contributed by atoms with E-state index in [0.29, 0.717) is 13.0 Å². The van der Waals surface area contributed by atoms with E-state index < -0.39 is 20.5 Å². The minimum absolute atomic E-state index is 0.416. The second kappa shape index (κ2) is 2.94. The van der Waals surface area contributed by atoms with E-state index in [1.54, 1.807) is 0 Å². The van der Waals surface area contributed by atoms with Crippen molar-refractivity contribution in [2.45, 2.75) is 18.1 Å². The zero-order valence-electron chi connectivity index (χ0n) is 8.23. The normalized spacial score (nSPS) is 37.3. The van der Waals surface area contributed by atoms with E-state index in [1.165, 1.54) is 12.7 Å². The molecule has 2 rings (SSSR count). The average molecular weight is 214 g/mol. The fourth-order valence-corrected chi connectivity index (χ4v) is 3.64. The molecule has 0 bridgehead atoms. The van der Waals surface area contributed by atoms with Crippen LogP contribution in [0.2, 0.25) is 0 Å². The van der Waals surface area contributed by atoms with Gasteiger partial charge < -0.3 is 4.90 Å². The summed E-state index contributed by atoms with van der Waals surface area (Å²) < 4.78 is 22.6. The molecule has 78 valence electrons. The van der Waals surface area contributed by atoms with Crippen molar-refractivity contribution in [3.8, 4) is 6.07 Å². The second-order valence-electron chi connectivity index (χ2n) is 4.42. The summed E-state index contributed by atoms with van der Waals surface area (Å²) >= 11 is 0. The Kier molecular flexibility index (Phi) is 2.09. The van der Waals surface area contributed by atoms with Crippen LogP contribution in [-0.2, 0) is 9.84 Å². The Morgan fingerprint density at radius 1 is 1.57 bits per heavy atom. The molecule has 1 aliphatic heterocycles. The van der Waals surface area contributed by atoms with Crippen molar-refractivity contribution in [2.75, 3.05) is 25.9 Å². The molecule has 0 spiro atoms. The summed E-state index contributed by atoms with van der Waals surface area (Å²) in [7, 11) is -3.03. The summed E-state index contributed by atoms with van der Waals surface area (Å²) in [6.07, 6.45) is 2.93. The Labute approximate surface area is 84.4 Å². The topological polar surface area (TPSA) is 61.2 Å². The van der Waals surface area contributed by atoms with Crippen LogP contribution in [-0.4, -0.2) is 44.5 Å². The molecule has 2 fully saturated rings. The first-order chi connectivity index (χ1) is 6.48. The summed E-state index contributed by atoms with van der Waals surface area (Å²) in [5.41, 5.74) is -0.589. The van der Waals surface area contributed by atoms with Crippen molar-refractivity contribution in [1.82, 2.24) is 4.90 Å². The Morgan fingerprint density at radius 3 is 2.50 bits per heavy atom. The molecule has 1 saturated carbocycles. The van der Waals surface area contributed by atoms with Gasteiger partial charge in [0.25, 0.3) is 0 Å². The lowest BCUT2D eigenvalue weighted by atomic mass is 10.1. The third-order valence-corrected chi connectivity index (χ3v) is 4.85. The molecular weight excluding hydrogens is 200 g/mol. The van der Waals surface area contributed by atoms with Crippen LogP contribution in [0.5, 0.6) is 0 Å². The highest BCUT2D eigenvalue weighted by Crippen LogP contribution is 2.50. The van der Waals surface area contributed by atoms with E-state index in [2.05, 4.69) is 11.0 Å². The molecule has 2 atom stereocenters. The molecule has 1 aliphatic carbocycles. The molecule has 4 nitrogen and oxygen atoms in total. The Morgan fingerprint density at radius 2 is 2.21 bits per heavy atom. The van der Waals surface area contributed by atoms with Gasteiger partial charge in [-0.15, -0.1) is 0 Å². The maximum atomic E-state index is 11.3. The summed E-state index contributed by atoms with van der Waals surface area (Å²) in [4.78, 5) is 2.16. The third-order valence-electron chi connectivity index (χ3n) is 3.20.